The summed E-state index contributed by atoms with van der Waals surface area (Å²) < 4.78 is 77.9. The number of nitrogens with one attached hydrogen (secondary N) is 1. The van der Waals surface area contributed by atoms with E-state index in [-0.39, 0.29) is 16.3 Å². The van der Waals surface area contributed by atoms with Crippen molar-refractivity contribution in [2.24, 2.45) is 0 Å². The van der Waals surface area contributed by atoms with Gasteiger partial charge in [-0.2, -0.15) is 13.2 Å². The number of amides is 1. The topological polar surface area (TPSA) is 84.9 Å². The monoisotopic (exact) mass is 508 g/mol. The largest absolute Gasteiger partial charge is 0.497 e. The van der Waals surface area contributed by atoms with Crippen LogP contribution in [-0.2, 0) is 21.0 Å². The first-order chi connectivity index (χ1) is 16.5. The maximum absolute atomic E-state index is 13.5. The number of hydrogen-bond donors (Lipinski definition) is 1. The number of carbonyl (C=O) groups excluding carboxylic acids is 1. The molecule has 1 N–H and O–H groups in total. The first-order valence-corrected chi connectivity index (χ1v) is 11.9. The highest BCUT2D eigenvalue weighted by molar-refractivity contribution is 7.92. The van der Waals surface area contributed by atoms with Crippen molar-refractivity contribution < 1.29 is 35.9 Å². The zero-order valence-electron chi connectivity index (χ0n) is 18.9. The van der Waals surface area contributed by atoms with Crippen LogP contribution in [-0.4, -0.2) is 34.6 Å². The molecule has 0 aliphatic rings. The van der Waals surface area contributed by atoms with E-state index in [1.54, 1.807) is 24.3 Å². The molecule has 0 bridgehead atoms. The highest BCUT2D eigenvalue weighted by Crippen LogP contribution is 2.33. The van der Waals surface area contributed by atoms with E-state index in [0.29, 0.717) is 28.4 Å². The average Bonchev–Trinajstić information content (AvgIpc) is 2.83. The van der Waals surface area contributed by atoms with Crippen molar-refractivity contribution in [3.8, 4) is 11.5 Å². The Hall–Kier alpha value is -3.73. The van der Waals surface area contributed by atoms with Gasteiger partial charge in [0.1, 0.15) is 18.0 Å². The lowest BCUT2D eigenvalue weighted by Crippen LogP contribution is -2.38. The molecule has 0 unspecified atom stereocenters. The van der Waals surface area contributed by atoms with Crippen LogP contribution in [0.5, 0.6) is 11.5 Å². The number of nitrogens with zero attached hydrogens (tertiary/aromatic N) is 1. The van der Waals surface area contributed by atoms with E-state index >= 15 is 0 Å². The summed E-state index contributed by atoms with van der Waals surface area (Å²) in [5.41, 5.74) is -1.00. The first kappa shape index (κ1) is 25.9. The Morgan fingerprint density at radius 2 is 1.66 bits per heavy atom. The van der Waals surface area contributed by atoms with E-state index in [9.17, 15) is 26.4 Å². The van der Waals surface area contributed by atoms with Crippen molar-refractivity contribution in [2.75, 3.05) is 29.9 Å². The Bertz CT molecular complexity index is 1280. The molecule has 0 spiro atoms. The number of hydrogen-bond acceptors (Lipinski definition) is 5. The number of anilines is 2. The van der Waals surface area contributed by atoms with E-state index in [1.165, 1.54) is 37.4 Å². The summed E-state index contributed by atoms with van der Waals surface area (Å²) in [5.74, 6) is 0.0589. The molecule has 0 fully saturated rings. The van der Waals surface area contributed by atoms with Crippen molar-refractivity contribution in [3.05, 3.63) is 78.4 Å². The van der Waals surface area contributed by atoms with Crippen LogP contribution in [0.3, 0.4) is 0 Å². The second-order valence-corrected chi connectivity index (χ2v) is 9.11. The van der Waals surface area contributed by atoms with E-state index in [0.717, 1.165) is 12.1 Å². The SMILES string of the molecule is CCOc1ccc(NC(=O)CN(c2cccc(C(F)(F)F)c2)S(=O)(=O)c2cccc(OC)c2)cc1. The van der Waals surface area contributed by atoms with Gasteiger partial charge in [0.05, 0.1) is 29.9 Å². The molecule has 0 aliphatic heterocycles. The van der Waals surface area contributed by atoms with E-state index < -0.39 is 34.2 Å². The Morgan fingerprint density at radius 3 is 2.29 bits per heavy atom. The Balaban J connectivity index is 1.97. The molecule has 1 amide bonds. The van der Waals surface area contributed by atoms with Gasteiger partial charge in [0.2, 0.25) is 5.91 Å². The Morgan fingerprint density at radius 1 is 0.971 bits per heavy atom. The molecule has 0 saturated heterocycles. The van der Waals surface area contributed by atoms with Crippen molar-refractivity contribution in [1.29, 1.82) is 0 Å². The molecule has 11 heteroatoms. The van der Waals surface area contributed by atoms with Crippen LogP contribution in [0.4, 0.5) is 24.5 Å². The van der Waals surface area contributed by atoms with Crippen LogP contribution in [0.25, 0.3) is 0 Å². The van der Waals surface area contributed by atoms with E-state index in [2.05, 4.69) is 5.32 Å². The summed E-state index contributed by atoms with van der Waals surface area (Å²) >= 11 is 0. The lowest BCUT2D eigenvalue weighted by molar-refractivity contribution is -0.137. The van der Waals surface area contributed by atoms with Gasteiger partial charge in [-0.1, -0.05) is 12.1 Å². The van der Waals surface area contributed by atoms with Gasteiger partial charge in [-0.15, -0.1) is 0 Å². The quantitative estimate of drug-likeness (QED) is 0.442. The Kier molecular flexibility index (Phi) is 7.90. The molecule has 35 heavy (non-hydrogen) atoms. The maximum atomic E-state index is 13.5. The summed E-state index contributed by atoms with van der Waals surface area (Å²) in [6.07, 6.45) is -4.70. The molecule has 7 nitrogen and oxygen atoms in total. The number of ether oxygens (including phenoxy) is 2. The number of rotatable bonds is 9. The molecule has 3 rings (SSSR count). The summed E-state index contributed by atoms with van der Waals surface area (Å²) in [6.45, 7) is 1.51. The predicted octanol–water partition coefficient (Wildman–Crippen LogP) is 4.95. The number of benzene rings is 3. The molecule has 0 heterocycles. The van der Waals surface area contributed by atoms with Crippen molar-refractivity contribution in [3.63, 3.8) is 0 Å². The fraction of sp³-hybridized carbons (Fsp3) is 0.208. The molecular weight excluding hydrogens is 485 g/mol. The number of sulfonamides is 1. The molecule has 0 saturated carbocycles. The van der Waals surface area contributed by atoms with Crippen LogP contribution < -0.4 is 19.1 Å². The molecule has 0 aliphatic carbocycles. The maximum Gasteiger partial charge on any atom is 0.416 e. The summed E-state index contributed by atoms with van der Waals surface area (Å²) in [7, 11) is -3.10. The minimum absolute atomic E-state index is 0.230. The molecule has 0 aromatic heterocycles. The molecule has 0 radical (unpaired) electrons. The summed E-state index contributed by atoms with van der Waals surface area (Å²) in [4.78, 5) is 12.5. The van der Waals surface area contributed by atoms with Gasteiger partial charge in [-0.05, 0) is 61.5 Å². The van der Waals surface area contributed by atoms with Gasteiger partial charge in [0, 0.05) is 11.8 Å². The number of methoxy groups -OCH3 is 1. The van der Waals surface area contributed by atoms with Gasteiger partial charge >= 0.3 is 6.18 Å². The van der Waals surface area contributed by atoms with Gasteiger partial charge in [-0.3, -0.25) is 9.10 Å². The minimum Gasteiger partial charge on any atom is -0.497 e. The molecular formula is C24H23F3N2O5S. The van der Waals surface area contributed by atoms with Crippen LogP contribution in [0, 0.1) is 0 Å². The lowest BCUT2D eigenvalue weighted by Gasteiger charge is -2.25. The Labute approximate surface area is 201 Å². The fourth-order valence-corrected chi connectivity index (χ4v) is 4.62. The van der Waals surface area contributed by atoms with Crippen LogP contribution in [0.2, 0.25) is 0 Å². The van der Waals surface area contributed by atoms with E-state index in [1.807, 2.05) is 6.92 Å². The van der Waals surface area contributed by atoms with Crippen LogP contribution >= 0.6 is 0 Å². The number of alkyl halides is 3. The first-order valence-electron chi connectivity index (χ1n) is 10.4. The lowest BCUT2D eigenvalue weighted by atomic mass is 10.2. The normalized spacial score (nSPS) is 11.6. The highest BCUT2D eigenvalue weighted by Gasteiger charge is 2.33. The van der Waals surface area contributed by atoms with Gasteiger partial charge in [0.15, 0.2) is 0 Å². The zero-order chi connectivity index (χ0) is 25.6. The summed E-state index contributed by atoms with van der Waals surface area (Å²) in [5, 5.41) is 2.55. The smallest absolute Gasteiger partial charge is 0.416 e. The molecule has 0 atom stereocenters. The van der Waals surface area contributed by atoms with Crippen molar-refractivity contribution in [1.82, 2.24) is 0 Å². The van der Waals surface area contributed by atoms with Gasteiger partial charge < -0.3 is 14.8 Å². The molecule has 186 valence electrons. The molecule has 3 aromatic rings. The number of halogens is 3. The fourth-order valence-electron chi connectivity index (χ4n) is 3.17. The van der Waals surface area contributed by atoms with Crippen LogP contribution in [0.1, 0.15) is 12.5 Å². The van der Waals surface area contributed by atoms with Crippen LogP contribution in [0.15, 0.2) is 77.7 Å². The third-order valence-electron chi connectivity index (χ3n) is 4.83. The van der Waals surface area contributed by atoms with Crippen molar-refractivity contribution in [2.45, 2.75) is 18.0 Å². The number of carbonyl (C=O) groups is 1. The predicted molar refractivity (Wildman–Crippen MR) is 125 cm³/mol. The van der Waals surface area contributed by atoms with Gasteiger partial charge in [0.25, 0.3) is 10.0 Å². The zero-order valence-corrected chi connectivity index (χ0v) is 19.7. The van der Waals surface area contributed by atoms with Crippen molar-refractivity contribution >= 4 is 27.3 Å². The highest BCUT2D eigenvalue weighted by atomic mass is 32.2. The second kappa shape index (κ2) is 10.7. The van der Waals surface area contributed by atoms with E-state index in [4.69, 9.17) is 9.47 Å². The summed E-state index contributed by atoms with van der Waals surface area (Å²) in [6, 6.07) is 15.6. The second-order valence-electron chi connectivity index (χ2n) is 7.24. The third kappa shape index (κ3) is 6.44. The standard InChI is InChI=1S/C24H23F3N2O5S/c1-3-34-20-12-10-18(11-13-20)28-23(30)16-29(19-7-4-6-17(14-19)24(25,26)27)35(31,32)22-9-5-8-21(15-22)33-2/h4-15H,3,16H2,1-2H3,(H,28,30). The van der Waals surface area contributed by atoms with Gasteiger partial charge in [-0.25, -0.2) is 8.42 Å². The molecule has 3 aromatic carbocycles. The average molecular weight is 509 g/mol. The third-order valence-corrected chi connectivity index (χ3v) is 6.60. The minimum atomic E-state index is -4.70.